The maximum absolute atomic E-state index is 10.6. The van der Waals surface area contributed by atoms with Crippen LogP contribution in [0.3, 0.4) is 0 Å². The third kappa shape index (κ3) is 1.29. The van der Waals surface area contributed by atoms with Crippen molar-refractivity contribution in [2.24, 2.45) is 5.92 Å². The Kier molecular flexibility index (Phi) is 2.01. The summed E-state index contributed by atoms with van der Waals surface area (Å²) in [5.74, 6) is 0.389. The summed E-state index contributed by atoms with van der Waals surface area (Å²) in [4.78, 5) is 10.6. The largest absolute Gasteiger partial charge is 0.295 e. The molecular weight excluding hydrogens is 119 g/mol. The van der Waals surface area contributed by atoms with Gasteiger partial charge in [-0.15, -0.1) is 0 Å². The van der Waals surface area contributed by atoms with Crippen molar-refractivity contribution in [1.82, 2.24) is 0 Å². The van der Waals surface area contributed by atoms with E-state index in [0.717, 1.165) is 12.8 Å². The van der Waals surface area contributed by atoms with Crippen LogP contribution < -0.4 is 0 Å². The number of carbonyl (C=O) groups excluding carboxylic acids is 1. The fourth-order valence-electron chi connectivity index (χ4n) is 1.21. The van der Waals surface area contributed by atoms with Gasteiger partial charge in [-0.25, -0.2) is 0 Å². The van der Waals surface area contributed by atoms with Crippen molar-refractivity contribution < 1.29 is 4.79 Å². The molecule has 0 aromatic carbocycles. The van der Waals surface area contributed by atoms with Gasteiger partial charge < -0.3 is 0 Å². The van der Waals surface area contributed by atoms with E-state index in [1.165, 1.54) is 12.8 Å². The van der Waals surface area contributed by atoms with Gasteiger partial charge in [0.15, 0.2) is 5.52 Å². The maximum Gasteiger partial charge on any atom is 0.151 e. The van der Waals surface area contributed by atoms with Crippen molar-refractivity contribution in [2.45, 2.75) is 25.7 Å². The van der Waals surface area contributed by atoms with Crippen LogP contribution in [0.15, 0.2) is 0 Å². The van der Waals surface area contributed by atoms with E-state index in [1.807, 2.05) is 0 Å². The number of carbonyl (C=O) groups is 1. The minimum atomic E-state index is 0.308. The standard InChI is InChI=1S/C6H11OP/c7-6(8)5-3-1-2-4-5/h5H,1-4,8H2. The molecule has 1 aliphatic rings. The van der Waals surface area contributed by atoms with Crippen LogP contribution in [0.1, 0.15) is 25.7 Å². The van der Waals surface area contributed by atoms with Gasteiger partial charge in [-0.1, -0.05) is 22.1 Å². The summed E-state index contributed by atoms with van der Waals surface area (Å²) in [6.07, 6.45) is 4.76. The van der Waals surface area contributed by atoms with Gasteiger partial charge in [0.25, 0.3) is 0 Å². The molecule has 1 atom stereocenters. The van der Waals surface area contributed by atoms with E-state index in [1.54, 1.807) is 0 Å². The van der Waals surface area contributed by atoms with Crippen LogP contribution in [-0.4, -0.2) is 5.52 Å². The second-order valence-electron chi connectivity index (χ2n) is 2.38. The Labute approximate surface area is 52.0 Å². The van der Waals surface area contributed by atoms with Gasteiger partial charge in [0, 0.05) is 5.92 Å². The summed E-state index contributed by atoms with van der Waals surface area (Å²) in [7, 11) is 2.26. The molecule has 0 radical (unpaired) electrons. The molecule has 0 heterocycles. The first-order valence-electron chi connectivity index (χ1n) is 3.10. The highest BCUT2D eigenvalue weighted by atomic mass is 31.0. The molecule has 0 bridgehead atoms. The van der Waals surface area contributed by atoms with E-state index in [2.05, 4.69) is 9.24 Å². The Bertz CT molecular complexity index is 94.7. The maximum atomic E-state index is 10.6. The quantitative estimate of drug-likeness (QED) is 0.492. The van der Waals surface area contributed by atoms with Crippen LogP contribution in [0.2, 0.25) is 0 Å². The lowest BCUT2D eigenvalue weighted by Gasteiger charge is -1.98. The number of hydrogen-bond acceptors (Lipinski definition) is 1. The SMILES string of the molecule is O=C(P)C1CCCC1. The molecule has 2 heteroatoms. The van der Waals surface area contributed by atoms with Gasteiger partial charge >= 0.3 is 0 Å². The van der Waals surface area contributed by atoms with Crippen molar-refractivity contribution in [3.63, 3.8) is 0 Å². The van der Waals surface area contributed by atoms with Crippen molar-refractivity contribution >= 4 is 14.8 Å². The van der Waals surface area contributed by atoms with E-state index >= 15 is 0 Å². The minimum absolute atomic E-state index is 0.308. The second kappa shape index (κ2) is 2.59. The average Bonchev–Trinajstić information content (AvgIpc) is 2.12. The summed E-state index contributed by atoms with van der Waals surface area (Å²) in [5.41, 5.74) is 0.308. The molecule has 0 saturated heterocycles. The molecule has 1 rings (SSSR count). The highest BCUT2D eigenvalue weighted by Gasteiger charge is 2.18. The summed E-state index contributed by atoms with van der Waals surface area (Å²) in [6.45, 7) is 0. The van der Waals surface area contributed by atoms with E-state index in [-0.39, 0.29) is 0 Å². The first-order valence-corrected chi connectivity index (χ1v) is 3.68. The lowest BCUT2D eigenvalue weighted by atomic mass is 10.1. The minimum Gasteiger partial charge on any atom is -0.295 e. The van der Waals surface area contributed by atoms with Gasteiger partial charge in [-0.05, 0) is 12.8 Å². The van der Waals surface area contributed by atoms with Crippen LogP contribution in [0, 0.1) is 5.92 Å². The highest BCUT2D eigenvalue weighted by molar-refractivity contribution is 7.40. The molecule has 1 fully saturated rings. The molecule has 0 aromatic heterocycles. The predicted octanol–water partition coefficient (Wildman–Crippen LogP) is 1.58. The topological polar surface area (TPSA) is 17.1 Å². The van der Waals surface area contributed by atoms with Gasteiger partial charge in [0.1, 0.15) is 0 Å². The zero-order valence-electron chi connectivity index (χ0n) is 4.89. The van der Waals surface area contributed by atoms with Crippen LogP contribution in [0.5, 0.6) is 0 Å². The smallest absolute Gasteiger partial charge is 0.151 e. The molecule has 0 aromatic rings. The Hall–Kier alpha value is 0.100. The van der Waals surface area contributed by atoms with Crippen molar-refractivity contribution in [1.29, 1.82) is 0 Å². The molecular formula is C6H11OP. The van der Waals surface area contributed by atoms with Crippen LogP contribution >= 0.6 is 9.24 Å². The Balaban J connectivity index is 2.35. The Morgan fingerprint density at radius 1 is 1.38 bits per heavy atom. The summed E-state index contributed by atoms with van der Waals surface area (Å²) in [6, 6.07) is 0. The van der Waals surface area contributed by atoms with E-state index in [9.17, 15) is 4.79 Å². The second-order valence-corrected chi connectivity index (χ2v) is 2.95. The third-order valence-corrected chi connectivity index (χ3v) is 2.23. The van der Waals surface area contributed by atoms with Crippen molar-refractivity contribution in [3.8, 4) is 0 Å². The molecule has 0 amide bonds. The summed E-state index contributed by atoms with van der Waals surface area (Å²) in [5, 5.41) is 0. The zero-order chi connectivity index (χ0) is 5.98. The molecule has 1 saturated carbocycles. The monoisotopic (exact) mass is 130 g/mol. The Morgan fingerprint density at radius 2 is 1.88 bits per heavy atom. The molecule has 0 aliphatic heterocycles. The molecule has 8 heavy (non-hydrogen) atoms. The predicted molar refractivity (Wildman–Crippen MR) is 36.7 cm³/mol. The molecule has 1 aliphatic carbocycles. The van der Waals surface area contributed by atoms with Crippen LogP contribution in [-0.2, 0) is 4.79 Å². The van der Waals surface area contributed by atoms with Crippen LogP contribution in [0.4, 0.5) is 0 Å². The average molecular weight is 130 g/mol. The lowest BCUT2D eigenvalue weighted by Crippen LogP contribution is -2.00. The van der Waals surface area contributed by atoms with Gasteiger partial charge in [-0.3, -0.25) is 4.79 Å². The zero-order valence-corrected chi connectivity index (χ0v) is 6.05. The molecule has 0 N–H and O–H groups in total. The highest BCUT2D eigenvalue weighted by Crippen LogP contribution is 2.26. The molecule has 0 spiro atoms. The normalized spacial score (nSPS) is 21.6. The third-order valence-electron chi connectivity index (χ3n) is 1.76. The van der Waals surface area contributed by atoms with Gasteiger partial charge in [-0.2, -0.15) is 0 Å². The summed E-state index contributed by atoms with van der Waals surface area (Å²) < 4.78 is 0. The van der Waals surface area contributed by atoms with E-state index in [4.69, 9.17) is 0 Å². The number of hydrogen-bond donors (Lipinski definition) is 0. The first kappa shape index (κ1) is 6.22. The van der Waals surface area contributed by atoms with Crippen molar-refractivity contribution in [3.05, 3.63) is 0 Å². The lowest BCUT2D eigenvalue weighted by molar-refractivity contribution is -0.114. The first-order chi connectivity index (χ1) is 3.80. The van der Waals surface area contributed by atoms with Gasteiger partial charge in [0.05, 0.1) is 0 Å². The summed E-state index contributed by atoms with van der Waals surface area (Å²) >= 11 is 0. The van der Waals surface area contributed by atoms with E-state index < -0.39 is 0 Å². The molecule has 1 nitrogen and oxygen atoms in total. The fraction of sp³-hybridized carbons (Fsp3) is 0.833. The van der Waals surface area contributed by atoms with Gasteiger partial charge in [0.2, 0.25) is 0 Å². The van der Waals surface area contributed by atoms with Crippen molar-refractivity contribution in [2.75, 3.05) is 0 Å². The van der Waals surface area contributed by atoms with Crippen LogP contribution in [0.25, 0.3) is 0 Å². The van der Waals surface area contributed by atoms with E-state index in [0.29, 0.717) is 11.4 Å². The molecule has 1 unspecified atom stereocenters. The number of rotatable bonds is 1. The molecule has 46 valence electrons. The fourth-order valence-corrected chi connectivity index (χ4v) is 1.54. The Morgan fingerprint density at radius 3 is 2.12 bits per heavy atom.